The van der Waals surface area contributed by atoms with Crippen LogP contribution in [0.2, 0.25) is 0 Å². The van der Waals surface area contributed by atoms with Gasteiger partial charge in [0.15, 0.2) is 6.10 Å². The maximum Gasteiger partial charge on any atom is 0.279 e. The van der Waals surface area contributed by atoms with E-state index in [4.69, 9.17) is 4.74 Å². The number of nitrogens with zero attached hydrogens (tertiary/aromatic N) is 2. The van der Waals surface area contributed by atoms with E-state index in [2.05, 4.69) is 16.0 Å². The highest BCUT2D eigenvalue weighted by atomic mass is 19.1. The largest absolute Gasteiger partial charge is 0.481 e. The zero-order valence-electron chi connectivity index (χ0n) is 17.5. The Morgan fingerprint density at radius 2 is 1.72 bits per heavy atom. The molecule has 1 unspecified atom stereocenters. The van der Waals surface area contributed by atoms with Crippen LogP contribution in [0, 0.1) is 12.7 Å². The smallest absolute Gasteiger partial charge is 0.279 e. The van der Waals surface area contributed by atoms with Gasteiger partial charge < -0.3 is 4.74 Å². The lowest BCUT2D eigenvalue weighted by atomic mass is 10.1. The second kappa shape index (κ2) is 8.89. The first kappa shape index (κ1) is 21.0. The molecule has 7 nitrogen and oxygen atoms in total. The van der Waals surface area contributed by atoms with Crippen LogP contribution in [-0.4, -0.2) is 27.7 Å². The molecule has 1 heterocycles. The van der Waals surface area contributed by atoms with Crippen molar-refractivity contribution in [2.75, 3.05) is 0 Å². The van der Waals surface area contributed by atoms with Gasteiger partial charge in [-0.3, -0.25) is 20.4 Å². The zero-order valence-corrected chi connectivity index (χ0v) is 17.5. The van der Waals surface area contributed by atoms with Crippen LogP contribution in [0.5, 0.6) is 5.75 Å². The number of hydrogen-bond donors (Lipinski definition) is 2. The van der Waals surface area contributed by atoms with Crippen LogP contribution >= 0.6 is 0 Å². The number of benzene rings is 3. The van der Waals surface area contributed by atoms with Crippen LogP contribution in [0.3, 0.4) is 0 Å². The topological polar surface area (TPSA) is 85.2 Å². The second-order valence-corrected chi connectivity index (χ2v) is 7.24. The summed E-state index contributed by atoms with van der Waals surface area (Å²) in [7, 11) is 0. The number of fused-ring (bicyclic) bond motifs is 1. The Bertz CT molecular complexity index is 1280. The van der Waals surface area contributed by atoms with Crippen molar-refractivity contribution < 1.29 is 18.7 Å². The van der Waals surface area contributed by atoms with Crippen LogP contribution in [0.25, 0.3) is 16.5 Å². The standard InChI is InChI=1S/C24H21FN4O3/c1-15-22(14-26-29(15)20-10-8-19(25)9-11-20)24(31)28-27-23(30)16(2)32-21-12-7-17-5-3-4-6-18(17)13-21/h3-14,16H,1-2H3,(H,27,30)(H,28,31). The highest BCUT2D eigenvalue weighted by Gasteiger charge is 2.19. The monoisotopic (exact) mass is 432 g/mol. The normalized spacial score (nSPS) is 11.7. The Labute approximate surface area is 183 Å². The van der Waals surface area contributed by atoms with Crippen molar-refractivity contribution in [3.8, 4) is 11.4 Å². The molecular weight excluding hydrogens is 411 g/mol. The molecule has 0 saturated heterocycles. The number of ether oxygens (including phenoxy) is 1. The first-order valence-electron chi connectivity index (χ1n) is 9.98. The van der Waals surface area contributed by atoms with Crippen molar-refractivity contribution in [3.05, 3.63) is 90.0 Å². The van der Waals surface area contributed by atoms with E-state index in [9.17, 15) is 14.0 Å². The van der Waals surface area contributed by atoms with Gasteiger partial charge in [0.05, 0.1) is 23.1 Å². The minimum atomic E-state index is -0.834. The lowest BCUT2D eigenvalue weighted by molar-refractivity contribution is -0.128. The predicted molar refractivity (Wildman–Crippen MR) is 118 cm³/mol. The summed E-state index contributed by atoms with van der Waals surface area (Å²) < 4.78 is 20.4. The third-order valence-electron chi connectivity index (χ3n) is 5.03. The van der Waals surface area contributed by atoms with Gasteiger partial charge in [0.25, 0.3) is 11.8 Å². The quantitative estimate of drug-likeness (QED) is 0.471. The van der Waals surface area contributed by atoms with Crippen molar-refractivity contribution in [1.82, 2.24) is 20.6 Å². The molecule has 32 heavy (non-hydrogen) atoms. The Kier molecular flexibility index (Phi) is 5.85. The molecule has 0 spiro atoms. The lowest BCUT2D eigenvalue weighted by Crippen LogP contribution is -2.47. The molecule has 0 aliphatic heterocycles. The van der Waals surface area contributed by atoms with E-state index in [0.29, 0.717) is 17.1 Å². The molecule has 0 saturated carbocycles. The molecule has 162 valence electrons. The van der Waals surface area contributed by atoms with Crippen molar-refractivity contribution >= 4 is 22.6 Å². The third kappa shape index (κ3) is 4.44. The number of carbonyl (C=O) groups excluding carboxylic acids is 2. The number of hydrogen-bond acceptors (Lipinski definition) is 4. The van der Waals surface area contributed by atoms with E-state index < -0.39 is 17.9 Å². The van der Waals surface area contributed by atoms with Gasteiger partial charge in [-0.25, -0.2) is 9.07 Å². The number of nitrogens with one attached hydrogen (secondary N) is 2. The van der Waals surface area contributed by atoms with Crippen molar-refractivity contribution in [1.29, 1.82) is 0 Å². The predicted octanol–water partition coefficient (Wildman–Crippen LogP) is 3.70. The van der Waals surface area contributed by atoms with Gasteiger partial charge in [-0.15, -0.1) is 0 Å². The first-order valence-corrected chi connectivity index (χ1v) is 9.98. The van der Waals surface area contributed by atoms with Crippen LogP contribution in [-0.2, 0) is 4.79 Å². The van der Waals surface area contributed by atoms with Crippen molar-refractivity contribution in [2.24, 2.45) is 0 Å². The molecule has 0 aliphatic carbocycles. The van der Waals surface area contributed by atoms with Crippen LogP contribution in [0.1, 0.15) is 23.0 Å². The maximum atomic E-state index is 13.1. The van der Waals surface area contributed by atoms with Gasteiger partial charge in [0.1, 0.15) is 11.6 Å². The highest BCUT2D eigenvalue weighted by molar-refractivity contribution is 5.96. The molecule has 2 N–H and O–H groups in total. The molecule has 0 aliphatic rings. The van der Waals surface area contributed by atoms with E-state index in [1.807, 2.05) is 36.4 Å². The average molecular weight is 432 g/mol. The summed E-state index contributed by atoms with van der Waals surface area (Å²) in [4.78, 5) is 24.9. The van der Waals surface area contributed by atoms with Gasteiger partial charge in [0.2, 0.25) is 0 Å². The molecule has 8 heteroatoms. The summed E-state index contributed by atoms with van der Waals surface area (Å²) >= 11 is 0. The minimum Gasteiger partial charge on any atom is -0.481 e. The SMILES string of the molecule is Cc1c(C(=O)NNC(=O)C(C)Oc2ccc3ccccc3c2)cnn1-c1ccc(F)cc1. The number of hydrazine groups is 1. The van der Waals surface area contributed by atoms with Crippen LogP contribution in [0.15, 0.2) is 72.9 Å². The molecule has 0 fully saturated rings. The third-order valence-corrected chi connectivity index (χ3v) is 5.03. The number of amides is 2. The van der Waals surface area contributed by atoms with Crippen molar-refractivity contribution in [3.63, 3.8) is 0 Å². The van der Waals surface area contributed by atoms with Gasteiger partial charge in [-0.2, -0.15) is 5.10 Å². The fourth-order valence-corrected chi connectivity index (χ4v) is 3.26. The summed E-state index contributed by atoms with van der Waals surface area (Å²) in [5.74, 6) is -0.842. The summed E-state index contributed by atoms with van der Waals surface area (Å²) in [6, 6.07) is 19.1. The molecule has 0 radical (unpaired) electrons. The average Bonchev–Trinajstić information content (AvgIpc) is 3.19. The maximum absolute atomic E-state index is 13.1. The molecule has 0 bridgehead atoms. The van der Waals surface area contributed by atoms with E-state index in [0.717, 1.165) is 10.8 Å². The van der Waals surface area contributed by atoms with Crippen LogP contribution in [0.4, 0.5) is 4.39 Å². The van der Waals surface area contributed by atoms with Gasteiger partial charge in [-0.05, 0) is 61.0 Å². The summed E-state index contributed by atoms with van der Waals surface area (Å²) in [5, 5.41) is 6.25. The van der Waals surface area contributed by atoms with Gasteiger partial charge in [-0.1, -0.05) is 30.3 Å². The molecule has 4 rings (SSSR count). The Balaban J connectivity index is 1.37. The lowest BCUT2D eigenvalue weighted by Gasteiger charge is -2.15. The highest BCUT2D eigenvalue weighted by Crippen LogP contribution is 2.21. The summed E-state index contributed by atoms with van der Waals surface area (Å²) in [6.07, 6.45) is 0.550. The molecule has 4 aromatic rings. The number of carbonyl (C=O) groups is 2. The van der Waals surface area contributed by atoms with E-state index in [-0.39, 0.29) is 11.4 Å². The van der Waals surface area contributed by atoms with Crippen molar-refractivity contribution in [2.45, 2.75) is 20.0 Å². The summed E-state index contributed by atoms with van der Waals surface area (Å²) in [6.45, 7) is 3.30. The number of halogens is 1. The number of rotatable bonds is 5. The van der Waals surface area contributed by atoms with E-state index in [1.165, 1.54) is 23.0 Å². The summed E-state index contributed by atoms with van der Waals surface area (Å²) in [5.41, 5.74) is 6.19. The Morgan fingerprint density at radius 3 is 2.47 bits per heavy atom. The molecule has 2 amide bonds. The Hall–Kier alpha value is -4.20. The zero-order chi connectivity index (χ0) is 22.7. The fourth-order valence-electron chi connectivity index (χ4n) is 3.26. The van der Waals surface area contributed by atoms with E-state index in [1.54, 1.807) is 32.0 Å². The molecule has 3 aromatic carbocycles. The van der Waals surface area contributed by atoms with Crippen LogP contribution < -0.4 is 15.6 Å². The van der Waals surface area contributed by atoms with E-state index >= 15 is 0 Å². The number of aromatic nitrogens is 2. The molecular formula is C24H21FN4O3. The minimum absolute atomic E-state index is 0.276. The first-order chi connectivity index (χ1) is 15.4. The van der Waals surface area contributed by atoms with Gasteiger partial charge in [0, 0.05) is 0 Å². The molecule has 1 atom stereocenters. The molecule has 1 aromatic heterocycles. The fraction of sp³-hybridized carbons (Fsp3) is 0.125. The Morgan fingerprint density at radius 1 is 1.00 bits per heavy atom. The van der Waals surface area contributed by atoms with Gasteiger partial charge >= 0.3 is 0 Å². The second-order valence-electron chi connectivity index (χ2n) is 7.24.